The number of aromatic nitrogens is 4. The van der Waals surface area contributed by atoms with E-state index in [0.29, 0.717) is 11.6 Å². The van der Waals surface area contributed by atoms with Crippen LogP contribution in [0.5, 0.6) is 5.75 Å². The molecule has 0 saturated heterocycles. The summed E-state index contributed by atoms with van der Waals surface area (Å²) in [5.41, 5.74) is 0.750. The van der Waals surface area contributed by atoms with Gasteiger partial charge in [-0.2, -0.15) is 4.80 Å². The van der Waals surface area contributed by atoms with Gasteiger partial charge in [0.05, 0.1) is 19.9 Å². The van der Waals surface area contributed by atoms with Crippen molar-refractivity contribution in [3.63, 3.8) is 0 Å². The molecule has 38 heavy (non-hydrogen) atoms. The van der Waals surface area contributed by atoms with E-state index in [0.717, 1.165) is 41.9 Å². The molecule has 10 nitrogen and oxygen atoms in total. The first-order chi connectivity index (χ1) is 18.6. The van der Waals surface area contributed by atoms with Gasteiger partial charge in [0, 0.05) is 16.5 Å². The molecule has 3 heterocycles. The summed E-state index contributed by atoms with van der Waals surface area (Å²) >= 11 is 1.52. The lowest BCUT2D eigenvalue weighted by Gasteiger charge is -2.31. The minimum Gasteiger partial charge on any atom is -0.497 e. The van der Waals surface area contributed by atoms with Crippen LogP contribution in [0.15, 0.2) is 64.6 Å². The molecule has 1 aromatic carbocycles. The zero-order valence-electron chi connectivity index (χ0n) is 21.2. The lowest BCUT2D eigenvalue weighted by Crippen LogP contribution is -2.47. The van der Waals surface area contributed by atoms with Crippen molar-refractivity contribution >= 4 is 23.2 Å². The number of hydrogen-bond acceptors (Lipinski definition) is 8. The van der Waals surface area contributed by atoms with Crippen LogP contribution < -0.4 is 10.1 Å². The van der Waals surface area contributed by atoms with Crippen LogP contribution >= 0.6 is 11.3 Å². The monoisotopic (exact) mass is 534 g/mol. The third kappa shape index (κ3) is 6.10. The normalized spacial score (nSPS) is 14.7. The number of hydrogen-bond donors (Lipinski definition) is 1. The van der Waals surface area contributed by atoms with E-state index in [9.17, 15) is 9.59 Å². The molecule has 1 atom stereocenters. The van der Waals surface area contributed by atoms with E-state index in [1.807, 2.05) is 41.8 Å². The number of nitrogens with zero attached hydrogens (tertiary/aromatic N) is 5. The van der Waals surface area contributed by atoms with E-state index in [-0.39, 0.29) is 30.9 Å². The van der Waals surface area contributed by atoms with Crippen LogP contribution in [0.2, 0.25) is 0 Å². The summed E-state index contributed by atoms with van der Waals surface area (Å²) in [6, 6.07) is 13.8. The summed E-state index contributed by atoms with van der Waals surface area (Å²) in [5.74, 6) is 0.951. The van der Waals surface area contributed by atoms with Crippen molar-refractivity contribution in [3.05, 3.63) is 70.8 Å². The smallest absolute Gasteiger partial charge is 0.250 e. The number of ether oxygens (including phenoxy) is 1. The SMILES string of the molecule is COc1ccc(-c2nnn(CC(=O)N(Cc3cccs3)C(C(=O)NC3CCCCC3)c3ccco3)n2)cc1. The third-order valence-corrected chi connectivity index (χ3v) is 7.49. The van der Waals surface area contributed by atoms with E-state index in [1.165, 1.54) is 28.8 Å². The van der Waals surface area contributed by atoms with E-state index in [2.05, 4.69) is 20.7 Å². The summed E-state index contributed by atoms with van der Waals surface area (Å²) in [5, 5.41) is 17.7. The van der Waals surface area contributed by atoms with Crippen LogP contribution in [-0.4, -0.2) is 50.1 Å². The Kier molecular flexibility index (Phi) is 8.12. The predicted octanol–water partition coefficient (Wildman–Crippen LogP) is 4.22. The highest BCUT2D eigenvalue weighted by molar-refractivity contribution is 7.09. The molecular weight excluding hydrogens is 504 g/mol. The van der Waals surface area contributed by atoms with Gasteiger partial charge in [-0.15, -0.1) is 21.5 Å². The number of rotatable bonds is 10. The number of furan rings is 1. The zero-order chi connectivity index (χ0) is 26.3. The van der Waals surface area contributed by atoms with Gasteiger partial charge in [0.2, 0.25) is 11.7 Å². The van der Waals surface area contributed by atoms with Crippen molar-refractivity contribution < 1.29 is 18.7 Å². The summed E-state index contributed by atoms with van der Waals surface area (Å²) in [7, 11) is 1.60. The van der Waals surface area contributed by atoms with Crippen LogP contribution in [0, 0.1) is 0 Å². The molecule has 1 unspecified atom stereocenters. The largest absolute Gasteiger partial charge is 0.497 e. The minimum atomic E-state index is -0.925. The first-order valence-corrected chi connectivity index (χ1v) is 13.6. The van der Waals surface area contributed by atoms with Crippen LogP contribution in [0.1, 0.15) is 48.8 Å². The maximum Gasteiger partial charge on any atom is 0.250 e. The highest BCUT2D eigenvalue weighted by Gasteiger charge is 2.35. The highest BCUT2D eigenvalue weighted by atomic mass is 32.1. The molecule has 198 valence electrons. The number of amides is 2. The van der Waals surface area contributed by atoms with Gasteiger partial charge in [-0.05, 0) is 65.9 Å². The molecule has 3 aromatic heterocycles. The Morgan fingerprint density at radius 3 is 2.66 bits per heavy atom. The number of tetrazole rings is 1. The fraction of sp³-hybridized carbons (Fsp3) is 0.370. The molecule has 1 aliphatic rings. The third-order valence-electron chi connectivity index (χ3n) is 6.63. The predicted molar refractivity (Wildman–Crippen MR) is 141 cm³/mol. The Bertz CT molecular complexity index is 1310. The van der Waals surface area contributed by atoms with Crippen LogP contribution in [0.25, 0.3) is 11.4 Å². The van der Waals surface area contributed by atoms with Crippen molar-refractivity contribution in [1.29, 1.82) is 0 Å². The van der Waals surface area contributed by atoms with Crippen LogP contribution in [-0.2, 0) is 22.7 Å². The Balaban J connectivity index is 1.39. The molecular formula is C27H30N6O4S. The summed E-state index contributed by atoms with van der Waals surface area (Å²) in [6.45, 7) is 0.0719. The molecule has 1 aliphatic carbocycles. The Hall–Kier alpha value is -3.99. The second-order valence-corrected chi connectivity index (χ2v) is 10.3. The highest BCUT2D eigenvalue weighted by Crippen LogP contribution is 2.27. The molecule has 1 fully saturated rings. The Morgan fingerprint density at radius 1 is 1.16 bits per heavy atom. The van der Waals surface area contributed by atoms with Gasteiger partial charge in [0.15, 0.2) is 6.04 Å². The average molecular weight is 535 g/mol. The van der Waals surface area contributed by atoms with Gasteiger partial charge in [0.25, 0.3) is 5.91 Å². The first kappa shape index (κ1) is 25.7. The molecule has 1 saturated carbocycles. The number of benzene rings is 1. The topological polar surface area (TPSA) is 115 Å². The molecule has 0 aliphatic heterocycles. The van der Waals surface area contributed by atoms with Crippen molar-refractivity contribution in [1.82, 2.24) is 30.4 Å². The fourth-order valence-corrected chi connectivity index (χ4v) is 5.37. The molecule has 0 spiro atoms. The van der Waals surface area contributed by atoms with Crippen molar-refractivity contribution in [2.45, 2.75) is 57.3 Å². The van der Waals surface area contributed by atoms with Gasteiger partial charge in [-0.3, -0.25) is 9.59 Å². The quantitative estimate of drug-likeness (QED) is 0.324. The summed E-state index contributed by atoms with van der Waals surface area (Å²) in [4.78, 5) is 31.2. The van der Waals surface area contributed by atoms with E-state index in [1.54, 1.807) is 24.1 Å². The van der Waals surface area contributed by atoms with E-state index >= 15 is 0 Å². The van der Waals surface area contributed by atoms with Gasteiger partial charge in [0.1, 0.15) is 18.1 Å². The van der Waals surface area contributed by atoms with Crippen molar-refractivity contribution in [3.8, 4) is 17.1 Å². The summed E-state index contributed by atoms with van der Waals surface area (Å²) in [6.07, 6.45) is 6.74. The van der Waals surface area contributed by atoms with Gasteiger partial charge in [-0.1, -0.05) is 25.3 Å². The second kappa shape index (κ2) is 12.0. The number of thiophene rings is 1. The Labute approximate surface area is 224 Å². The number of carbonyl (C=O) groups excluding carboxylic acids is 2. The van der Waals surface area contributed by atoms with Gasteiger partial charge < -0.3 is 19.4 Å². The molecule has 11 heteroatoms. The molecule has 1 N–H and O–H groups in total. The molecule has 0 radical (unpaired) electrons. The summed E-state index contributed by atoms with van der Waals surface area (Å²) < 4.78 is 10.9. The Morgan fingerprint density at radius 2 is 1.97 bits per heavy atom. The fourth-order valence-electron chi connectivity index (χ4n) is 4.67. The maximum absolute atomic E-state index is 13.8. The van der Waals surface area contributed by atoms with Crippen LogP contribution in [0.3, 0.4) is 0 Å². The number of methoxy groups -OCH3 is 1. The van der Waals surface area contributed by atoms with E-state index in [4.69, 9.17) is 9.15 Å². The second-order valence-electron chi connectivity index (χ2n) is 9.23. The maximum atomic E-state index is 13.8. The lowest BCUT2D eigenvalue weighted by atomic mass is 9.95. The first-order valence-electron chi connectivity index (χ1n) is 12.7. The number of carbonyl (C=O) groups is 2. The van der Waals surface area contributed by atoms with Gasteiger partial charge >= 0.3 is 0 Å². The number of nitrogens with one attached hydrogen (secondary N) is 1. The van der Waals surface area contributed by atoms with Crippen molar-refractivity contribution in [2.24, 2.45) is 0 Å². The molecule has 5 rings (SSSR count). The zero-order valence-corrected chi connectivity index (χ0v) is 22.0. The average Bonchev–Trinajstić information content (AvgIpc) is 3.73. The molecule has 2 amide bonds. The molecule has 0 bridgehead atoms. The lowest BCUT2D eigenvalue weighted by molar-refractivity contribution is -0.143. The molecule has 4 aromatic rings. The van der Waals surface area contributed by atoms with Crippen molar-refractivity contribution in [2.75, 3.05) is 7.11 Å². The minimum absolute atomic E-state index is 0.0939. The van der Waals surface area contributed by atoms with Gasteiger partial charge in [-0.25, -0.2) is 0 Å². The van der Waals surface area contributed by atoms with Crippen LogP contribution in [0.4, 0.5) is 0 Å². The standard InChI is InChI=1S/C27H30N6O4S/c1-36-21-13-11-19(12-14-21)26-29-31-33(30-26)18-24(34)32(17-22-9-6-16-38-22)25(23-10-5-15-37-23)27(35)28-20-7-3-2-4-8-20/h5-6,9-16,20,25H,2-4,7-8,17-18H2,1H3,(H,28,35). The van der Waals surface area contributed by atoms with E-state index < -0.39 is 6.04 Å².